The second-order valence-electron chi connectivity index (χ2n) is 11.8. The fourth-order valence-corrected chi connectivity index (χ4v) is 7.56. The van der Waals surface area contributed by atoms with Gasteiger partial charge in [0.15, 0.2) is 0 Å². The second kappa shape index (κ2) is 13.1. The molecule has 1 fully saturated rings. The number of ether oxygens (including phenoxy) is 1. The van der Waals surface area contributed by atoms with Crippen LogP contribution >= 0.6 is 23.4 Å². The number of nitrogens with zero attached hydrogens (tertiary/aromatic N) is 5. The predicted molar refractivity (Wildman–Crippen MR) is 169 cm³/mol. The van der Waals surface area contributed by atoms with Gasteiger partial charge >= 0.3 is 11.9 Å². The largest absolute Gasteiger partial charge is 0.417 e. The third-order valence-corrected chi connectivity index (χ3v) is 9.64. The van der Waals surface area contributed by atoms with Gasteiger partial charge in [-0.2, -0.15) is 18.2 Å². The molecular weight excluding hydrogens is 653 g/mol. The van der Waals surface area contributed by atoms with Gasteiger partial charge in [0, 0.05) is 64.9 Å². The first-order valence-corrected chi connectivity index (χ1v) is 15.9. The van der Waals surface area contributed by atoms with Crippen LogP contribution in [0.2, 0.25) is 5.02 Å². The molecule has 2 aromatic carbocycles. The van der Waals surface area contributed by atoms with E-state index in [-0.39, 0.29) is 65.0 Å². The number of anilines is 1. The number of hydrogen-bond acceptors (Lipinski definition) is 7. The molecule has 0 saturated carbocycles. The summed E-state index contributed by atoms with van der Waals surface area (Å²) in [6, 6.07) is 1.38. The van der Waals surface area contributed by atoms with Crippen molar-refractivity contribution in [3.63, 3.8) is 0 Å². The number of halogens is 6. The van der Waals surface area contributed by atoms with Gasteiger partial charge in [0.05, 0.1) is 35.4 Å². The van der Waals surface area contributed by atoms with E-state index in [0.717, 1.165) is 23.9 Å². The normalized spacial score (nSPS) is 20.4. The zero-order valence-electron chi connectivity index (χ0n) is 25.6. The highest BCUT2D eigenvalue weighted by atomic mass is 35.5. The minimum Gasteiger partial charge on any atom is -0.374 e. The zero-order chi connectivity index (χ0) is 33.7. The summed E-state index contributed by atoms with van der Waals surface area (Å²) in [4.78, 5) is 35.8. The number of hydrogen-bond donors (Lipinski definition) is 0. The molecule has 0 bridgehead atoms. The quantitative estimate of drug-likeness (QED) is 0.180. The lowest BCUT2D eigenvalue weighted by Crippen LogP contribution is -2.58. The highest BCUT2D eigenvalue weighted by Crippen LogP contribution is 2.49. The molecule has 5 rings (SSSR count). The van der Waals surface area contributed by atoms with Crippen LogP contribution in [0.4, 0.5) is 27.8 Å². The number of benzene rings is 2. The smallest absolute Gasteiger partial charge is 0.374 e. The van der Waals surface area contributed by atoms with Gasteiger partial charge in [-0.3, -0.25) is 9.36 Å². The summed E-state index contributed by atoms with van der Waals surface area (Å²) in [7, 11) is 3.72. The minimum atomic E-state index is -4.99. The maximum atomic E-state index is 15.4. The van der Waals surface area contributed by atoms with Crippen LogP contribution in [-0.2, 0) is 22.3 Å². The summed E-state index contributed by atoms with van der Waals surface area (Å²) in [5, 5.41) is -0.522. The summed E-state index contributed by atoms with van der Waals surface area (Å²) in [6.07, 6.45) is -4.38. The first-order valence-electron chi connectivity index (χ1n) is 14.5. The van der Waals surface area contributed by atoms with Crippen molar-refractivity contribution < 1.29 is 31.5 Å². The van der Waals surface area contributed by atoms with Gasteiger partial charge in [0.25, 0.3) is 0 Å². The van der Waals surface area contributed by atoms with Crippen molar-refractivity contribution in [2.45, 2.75) is 49.7 Å². The van der Waals surface area contributed by atoms with E-state index in [0.29, 0.717) is 19.2 Å². The molecule has 1 aromatic heterocycles. The minimum absolute atomic E-state index is 0.0120. The van der Waals surface area contributed by atoms with E-state index in [4.69, 9.17) is 16.3 Å². The number of alkyl halides is 3. The van der Waals surface area contributed by atoms with Crippen molar-refractivity contribution in [3.05, 3.63) is 63.6 Å². The number of likely N-dealkylation sites (N-methyl/N-ethyl adjacent to an activating group) is 1. The number of aromatic nitrogens is 2. The van der Waals surface area contributed by atoms with Gasteiger partial charge in [-0.15, -0.1) is 11.8 Å². The molecule has 0 spiro atoms. The first-order chi connectivity index (χ1) is 21.6. The van der Waals surface area contributed by atoms with Crippen molar-refractivity contribution in [1.82, 2.24) is 19.4 Å². The third kappa shape index (κ3) is 6.49. The Bertz CT molecular complexity index is 1740. The predicted octanol–water partition coefficient (Wildman–Crippen LogP) is 5.68. The standard InChI is InChI=1S/C31H33ClF5N5O3S/c1-6-25(43)42-16(2)12-40(13-17(42)3)29-20-9-21(31(35,36)37)26(19-10-22(32)24(34)11-23(19)33)28-27(20)41(30(44)38-29)14-18(15-46-28)45-8-7-39(4)5/h6,9-11,16-18H,1,7-8,12-15H2,2-5H3. The molecule has 2 aliphatic heterocycles. The molecule has 15 heteroatoms. The summed E-state index contributed by atoms with van der Waals surface area (Å²) in [6.45, 7) is 8.35. The number of rotatable bonds is 7. The van der Waals surface area contributed by atoms with Gasteiger partial charge in [0.2, 0.25) is 5.91 Å². The van der Waals surface area contributed by atoms with E-state index >= 15 is 4.39 Å². The molecular formula is C31H33ClF5N5O3S. The van der Waals surface area contributed by atoms with E-state index in [2.05, 4.69) is 11.6 Å². The van der Waals surface area contributed by atoms with Crippen LogP contribution in [0.3, 0.4) is 0 Å². The lowest BCUT2D eigenvalue weighted by Gasteiger charge is -2.44. The average molecular weight is 686 g/mol. The van der Waals surface area contributed by atoms with Crippen LogP contribution < -0.4 is 10.6 Å². The summed E-state index contributed by atoms with van der Waals surface area (Å²) < 4.78 is 81.7. The SMILES string of the molecule is C=CC(=O)N1C(C)CN(c2nc(=O)n3c4c(c(-c5cc(Cl)c(F)cc5F)c(C(F)(F)F)cc24)SCC(OCCN(C)C)C3)CC1C. The Morgan fingerprint density at radius 2 is 1.83 bits per heavy atom. The Balaban J connectivity index is 1.79. The average Bonchev–Trinajstić information content (AvgIpc) is 3.16. The van der Waals surface area contributed by atoms with Crippen molar-refractivity contribution >= 4 is 46.0 Å². The van der Waals surface area contributed by atoms with Crippen molar-refractivity contribution in [2.24, 2.45) is 0 Å². The van der Waals surface area contributed by atoms with Gasteiger partial charge in [-0.05, 0) is 46.2 Å². The molecule has 0 radical (unpaired) electrons. The second-order valence-corrected chi connectivity index (χ2v) is 13.2. The Morgan fingerprint density at radius 1 is 1.15 bits per heavy atom. The molecule has 3 atom stereocenters. The molecule has 2 aliphatic rings. The Morgan fingerprint density at radius 3 is 2.43 bits per heavy atom. The van der Waals surface area contributed by atoms with E-state index in [9.17, 15) is 27.2 Å². The Hall–Kier alpha value is -3.20. The molecule has 0 aliphatic carbocycles. The van der Waals surface area contributed by atoms with Crippen molar-refractivity contribution in [1.29, 1.82) is 0 Å². The van der Waals surface area contributed by atoms with Crippen molar-refractivity contribution in [3.8, 4) is 11.1 Å². The molecule has 1 saturated heterocycles. The van der Waals surface area contributed by atoms with E-state index in [1.54, 1.807) is 23.6 Å². The highest BCUT2D eigenvalue weighted by Gasteiger charge is 2.40. The number of thioether (sulfide) groups is 1. The van der Waals surface area contributed by atoms with E-state index in [1.165, 1.54) is 10.6 Å². The molecule has 8 nitrogen and oxygen atoms in total. The van der Waals surface area contributed by atoms with Crippen LogP contribution in [0, 0.1) is 11.6 Å². The summed E-state index contributed by atoms with van der Waals surface area (Å²) in [5.41, 5.74) is -2.88. The Kier molecular flexibility index (Phi) is 9.74. The van der Waals surface area contributed by atoms with Crippen molar-refractivity contribution in [2.75, 3.05) is 51.0 Å². The van der Waals surface area contributed by atoms with Crippen LogP contribution in [0.5, 0.6) is 0 Å². The van der Waals surface area contributed by atoms with Crippen LogP contribution in [0.25, 0.3) is 22.0 Å². The molecule has 46 heavy (non-hydrogen) atoms. The molecule has 1 amide bonds. The summed E-state index contributed by atoms with van der Waals surface area (Å²) in [5.74, 6) is -2.49. The fraction of sp³-hybridized carbons (Fsp3) is 0.452. The number of carbonyl (C=O) groups excluding carboxylic acids is 1. The monoisotopic (exact) mass is 685 g/mol. The number of carbonyl (C=O) groups is 1. The topological polar surface area (TPSA) is 70.9 Å². The maximum absolute atomic E-state index is 15.4. The molecule has 248 valence electrons. The highest BCUT2D eigenvalue weighted by molar-refractivity contribution is 7.99. The third-order valence-electron chi connectivity index (χ3n) is 8.12. The lowest BCUT2D eigenvalue weighted by atomic mass is 9.95. The molecule has 0 N–H and O–H groups in total. The zero-order valence-corrected chi connectivity index (χ0v) is 27.2. The summed E-state index contributed by atoms with van der Waals surface area (Å²) >= 11 is 6.96. The van der Waals surface area contributed by atoms with Gasteiger partial charge < -0.3 is 19.4 Å². The molecule has 3 heterocycles. The van der Waals surface area contributed by atoms with E-state index in [1.807, 2.05) is 19.0 Å². The van der Waals surface area contributed by atoms with Crippen LogP contribution in [0.15, 0.2) is 40.5 Å². The fourth-order valence-electron chi connectivity index (χ4n) is 6.12. The van der Waals surface area contributed by atoms with Crippen LogP contribution in [0.1, 0.15) is 19.4 Å². The lowest BCUT2D eigenvalue weighted by molar-refractivity contribution is -0.137. The number of piperazine rings is 1. The maximum Gasteiger partial charge on any atom is 0.417 e. The van der Waals surface area contributed by atoms with Crippen LogP contribution in [-0.4, -0.2) is 89.5 Å². The van der Waals surface area contributed by atoms with Gasteiger partial charge in [-0.1, -0.05) is 18.2 Å². The van der Waals surface area contributed by atoms with Gasteiger partial charge in [0.1, 0.15) is 17.5 Å². The number of amides is 1. The molecule has 3 unspecified atom stereocenters. The van der Waals surface area contributed by atoms with Gasteiger partial charge in [-0.25, -0.2) is 13.6 Å². The molecule has 3 aromatic rings. The Labute approximate surface area is 271 Å². The van der Waals surface area contributed by atoms with E-state index < -0.39 is 51.3 Å². The first kappa shape index (κ1) is 34.1.